The van der Waals surface area contributed by atoms with E-state index in [2.05, 4.69) is 33.6 Å². The second-order valence-electron chi connectivity index (χ2n) is 6.56. The van der Waals surface area contributed by atoms with E-state index in [0.717, 1.165) is 51.4 Å². The molecule has 0 radical (unpaired) electrons. The fourth-order valence-electron chi connectivity index (χ4n) is 3.88. The van der Waals surface area contributed by atoms with Crippen molar-refractivity contribution in [3.05, 3.63) is 18.5 Å². The largest absolute Gasteiger partial charge is 0.342 e. The molecule has 2 atom stereocenters. The summed E-state index contributed by atoms with van der Waals surface area (Å²) in [5.74, 6) is 2.61. The van der Waals surface area contributed by atoms with Crippen molar-refractivity contribution in [2.24, 2.45) is 17.8 Å². The Labute approximate surface area is 132 Å². The molecule has 0 N–H and O–H groups in total. The number of fused-ring (bicyclic) bond motifs is 1. The van der Waals surface area contributed by atoms with Crippen LogP contribution < -0.4 is 4.90 Å². The topological polar surface area (TPSA) is 49.3 Å². The molecule has 1 aromatic rings. The Kier molecular flexibility index (Phi) is 4.60. The molecule has 2 aliphatic heterocycles. The summed E-state index contributed by atoms with van der Waals surface area (Å²) < 4.78 is 0. The number of amides is 1. The van der Waals surface area contributed by atoms with Crippen molar-refractivity contribution in [1.82, 2.24) is 14.9 Å². The third-order valence-corrected chi connectivity index (χ3v) is 5.28. The van der Waals surface area contributed by atoms with Gasteiger partial charge in [-0.05, 0) is 37.2 Å². The van der Waals surface area contributed by atoms with Gasteiger partial charge in [0, 0.05) is 44.5 Å². The summed E-state index contributed by atoms with van der Waals surface area (Å²) in [6, 6.07) is 1.85. The maximum absolute atomic E-state index is 12.6. The van der Waals surface area contributed by atoms with E-state index in [1.54, 1.807) is 12.4 Å². The molecule has 2 aliphatic rings. The van der Waals surface area contributed by atoms with Crippen molar-refractivity contribution in [3.8, 4) is 0 Å². The Bertz CT molecular complexity index is 503. The van der Waals surface area contributed by atoms with Gasteiger partial charge in [0.05, 0.1) is 0 Å². The Morgan fingerprint density at radius 1 is 1.18 bits per heavy atom. The maximum Gasteiger partial charge on any atom is 0.225 e. The number of hydrogen-bond acceptors (Lipinski definition) is 4. The van der Waals surface area contributed by atoms with E-state index in [0.29, 0.717) is 17.7 Å². The van der Waals surface area contributed by atoms with Crippen molar-refractivity contribution >= 4 is 11.9 Å². The van der Waals surface area contributed by atoms with Crippen molar-refractivity contribution in [1.29, 1.82) is 0 Å². The van der Waals surface area contributed by atoms with Crippen LogP contribution in [0, 0.1) is 17.8 Å². The van der Waals surface area contributed by atoms with E-state index in [1.807, 2.05) is 6.07 Å². The van der Waals surface area contributed by atoms with Gasteiger partial charge in [0.15, 0.2) is 0 Å². The Morgan fingerprint density at radius 3 is 2.55 bits per heavy atom. The highest BCUT2D eigenvalue weighted by Crippen LogP contribution is 2.33. The van der Waals surface area contributed by atoms with Gasteiger partial charge in [-0.1, -0.05) is 13.8 Å². The monoisotopic (exact) mass is 302 g/mol. The van der Waals surface area contributed by atoms with Crippen LogP contribution in [0.25, 0.3) is 0 Å². The third kappa shape index (κ3) is 2.94. The molecule has 2 saturated heterocycles. The minimum Gasteiger partial charge on any atom is -0.342 e. The summed E-state index contributed by atoms with van der Waals surface area (Å²) in [5, 5.41) is 0. The van der Waals surface area contributed by atoms with E-state index in [9.17, 15) is 4.79 Å². The first-order valence-electron chi connectivity index (χ1n) is 8.53. The summed E-state index contributed by atoms with van der Waals surface area (Å²) in [4.78, 5) is 25.7. The zero-order chi connectivity index (χ0) is 15.5. The summed E-state index contributed by atoms with van der Waals surface area (Å²) >= 11 is 0. The highest BCUT2D eigenvalue weighted by molar-refractivity contribution is 5.79. The summed E-state index contributed by atoms with van der Waals surface area (Å²) in [6.45, 7) is 8.06. The summed E-state index contributed by atoms with van der Waals surface area (Å²) in [7, 11) is 0. The van der Waals surface area contributed by atoms with Gasteiger partial charge in [-0.2, -0.15) is 0 Å². The zero-order valence-electron chi connectivity index (χ0n) is 13.6. The lowest BCUT2D eigenvalue weighted by Gasteiger charge is -2.34. The molecular weight excluding hydrogens is 276 g/mol. The molecule has 0 spiro atoms. The Hall–Kier alpha value is -1.65. The minimum atomic E-state index is 0.203. The van der Waals surface area contributed by atoms with Crippen molar-refractivity contribution in [3.63, 3.8) is 0 Å². The Morgan fingerprint density at radius 2 is 1.86 bits per heavy atom. The average molecular weight is 302 g/mol. The zero-order valence-corrected chi connectivity index (χ0v) is 13.6. The van der Waals surface area contributed by atoms with Gasteiger partial charge in [0.25, 0.3) is 0 Å². The van der Waals surface area contributed by atoms with E-state index in [4.69, 9.17) is 0 Å². The molecule has 5 nitrogen and oxygen atoms in total. The summed E-state index contributed by atoms with van der Waals surface area (Å²) in [6.07, 6.45) is 6.63. The molecule has 5 heteroatoms. The number of nitrogens with zero attached hydrogens (tertiary/aromatic N) is 4. The van der Waals surface area contributed by atoms with Crippen LogP contribution in [-0.2, 0) is 4.79 Å². The molecule has 0 aromatic carbocycles. The number of hydrogen-bond donors (Lipinski definition) is 0. The predicted octanol–water partition coefficient (Wildman–Crippen LogP) is 2.20. The second-order valence-corrected chi connectivity index (χ2v) is 6.56. The number of carbonyl (C=O) groups is 1. The molecule has 3 heterocycles. The van der Waals surface area contributed by atoms with Gasteiger partial charge in [-0.15, -0.1) is 0 Å². The quantitative estimate of drug-likeness (QED) is 0.855. The minimum absolute atomic E-state index is 0.203. The van der Waals surface area contributed by atoms with Crippen LogP contribution in [-0.4, -0.2) is 47.0 Å². The van der Waals surface area contributed by atoms with Crippen molar-refractivity contribution in [2.45, 2.75) is 33.1 Å². The lowest BCUT2D eigenvalue weighted by molar-refractivity contribution is -0.134. The highest BCUT2D eigenvalue weighted by atomic mass is 16.2. The van der Waals surface area contributed by atoms with Crippen LogP contribution in [0.5, 0.6) is 0 Å². The number of aromatic nitrogens is 2. The first kappa shape index (κ1) is 15.3. The van der Waals surface area contributed by atoms with Crippen molar-refractivity contribution < 1.29 is 4.79 Å². The number of carbonyl (C=O) groups excluding carboxylic acids is 1. The van der Waals surface area contributed by atoms with Crippen LogP contribution in [0.1, 0.15) is 33.1 Å². The highest BCUT2D eigenvalue weighted by Gasteiger charge is 2.40. The Balaban J connectivity index is 1.63. The fraction of sp³-hybridized carbons (Fsp3) is 0.706. The first-order valence-corrected chi connectivity index (χ1v) is 8.53. The first-order chi connectivity index (χ1) is 10.7. The smallest absolute Gasteiger partial charge is 0.225 e. The molecule has 120 valence electrons. The molecule has 1 amide bonds. The molecule has 1 aromatic heterocycles. The number of anilines is 1. The molecule has 0 bridgehead atoms. The molecule has 2 fully saturated rings. The van der Waals surface area contributed by atoms with Gasteiger partial charge in [-0.25, -0.2) is 9.97 Å². The molecule has 22 heavy (non-hydrogen) atoms. The number of likely N-dealkylation sites (tertiary alicyclic amines) is 1. The predicted molar refractivity (Wildman–Crippen MR) is 86.5 cm³/mol. The van der Waals surface area contributed by atoms with E-state index in [-0.39, 0.29) is 5.92 Å². The van der Waals surface area contributed by atoms with E-state index >= 15 is 0 Å². The maximum atomic E-state index is 12.6. The normalized spacial score (nSPS) is 24.7. The standard InChI is InChI=1S/C17H26N4O/c1-3-13(4-2)16(22)21-10-14-6-9-20(11-15(14)12-21)17-18-7-5-8-19-17/h5,7-8,13-15H,3-4,6,9-12H2,1-2H3/t14-,15+/m1/s1. The fourth-order valence-corrected chi connectivity index (χ4v) is 3.88. The van der Waals surface area contributed by atoms with Gasteiger partial charge in [-0.3, -0.25) is 4.79 Å². The molecule has 0 saturated carbocycles. The molecular formula is C17H26N4O. The lowest BCUT2D eigenvalue weighted by Crippen LogP contribution is -2.40. The van der Waals surface area contributed by atoms with E-state index in [1.165, 1.54) is 0 Å². The van der Waals surface area contributed by atoms with Crippen LogP contribution in [0.2, 0.25) is 0 Å². The SMILES string of the molecule is CCC(CC)C(=O)N1C[C@H]2CCN(c3ncccn3)C[C@H]2C1. The third-order valence-electron chi connectivity index (χ3n) is 5.28. The van der Waals surface area contributed by atoms with Crippen LogP contribution in [0.15, 0.2) is 18.5 Å². The van der Waals surface area contributed by atoms with Gasteiger partial charge in [0.2, 0.25) is 11.9 Å². The number of piperidine rings is 1. The van der Waals surface area contributed by atoms with E-state index < -0.39 is 0 Å². The van der Waals surface area contributed by atoms with Crippen LogP contribution in [0.4, 0.5) is 5.95 Å². The van der Waals surface area contributed by atoms with Crippen molar-refractivity contribution in [2.75, 3.05) is 31.1 Å². The molecule has 3 rings (SSSR count). The lowest BCUT2D eigenvalue weighted by atomic mass is 9.89. The number of rotatable bonds is 4. The van der Waals surface area contributed by atoms with Crippen LogP contribution in [0.3, 0.4) is 0 Å². The van der Waals surface area contributed by atoms with Gasteiger partial charge < -0.3 is 9.80 Å². The molecule has 0 aliphatic carbocycles. The van der Waals surface area contributed by atoms with Gasteiger partial charge >= 0.3 is 0 Å². The average Bonchev–Trinajstić information content (AvgIpc) is 2.99. The summed E-state index contributed by atoms with van der Waals surface area (Å²) in [5.41, 5.74) is 0. The van der Waals surface area contributed by atoms with Crippen LogP contribution >= 0.6 is 0 Å². The molecule has 0 unspecified atom stereocenters. The second kappa shape index (κ2) is 6.63. The van der Waals surface area contributed by atoms with Gasteiger partial charge in [0.1, 0.15) is 0 Å².